The first kappa shape index (κ1) is 21.5. The summed E-state index contributed by atoms with van der Waals surface area (Å²) < 4.78 is 80.1. The van der Waals surface area contributed by atoms with E-state index in [1.54, 1.807) is 11.3 Å². The van der Waals surface area contributed by atoms with E-state index in [9.17, 15) is 0 Å². The smallest absolute Gasteiger partial charge is 0.238 e. The number of thiophene rings is 1. The van der Waals surface area contributed by atoms with Crippen LogP contribution in [0, 0.1) is 0 Å². The summed E-state index contributed by atoms with van der Waals surface area (Å²) in [7, 11) is 0. The van der Waals surface area contributed by atoms with Gasteiger partial charge in [-0.1, -0.05) is 121 Å². The molecule has 51 heavy (non-hydrogen) atoms. The van der Waals surface area contributed by atoms with E-state index in [1.807, 2.05) is 60.7 Å². The average molecular weight is 679 g/mol. The molecule has 238 valence electrons. The Bertz CT molecular complexity index is 3540. The van der Waals surface area contributed by atoms with Crippen LogP contribution >= 0.6 is 11.3 Å². The third-order valence-corrected chi connectivity index (χ3v) is 10.6. The van der Waals surface area contributed by atoms with Crippen molar-refractivity contribution < 1.29 is 15.4 Å². The van der Waals surface area contributed by atoms with Gasteiger partial charge < -0.3 is 4.42 Å². The Labute approximate surface area is 307 Å². The minimum atomic E-state index is -0.530. The zero-order chi connectivity index (χ0) is 40.4. The van der Waals surface area contributed by atoms with Gasteiger partial charge in [0.25, 0.3) is 0 Å². The van der Waals surface area contributed by atoms with E-state index in [4.69, 9.17) is 30.3 Å². The molecule has 0 amide bonds. The second kappa shape index (κ2) is 10.9. The van der Waals surface area contributed by atoms with Gasteiger partial charge in [-0.25, -0.2) is 4.98 Å². The maximum atomic E-state index is 9.02. The summed E-state index contributed by atoms with van der Waals surface area (Å²) in [6, 6.07) is 31.9. The number of hydrogen-bond acceptors (Lipinski definition) is 5. The highest BCUT2D eigenvalue weighted by Gasteiger charge is 2.20. The van der Waals surface area contributed by atoms with Crippen molar-refractivity contribution in [3.63, 3.8) is 0 Å². The Kier molecular flexibility index (Phi) is 4.60. The number of nitrogens with zero attached hydrogens (tertiary/aromatic N) is 4. The number of fused-ring (bicyclic) bond motifs is 9. The van der Waals surface area contributed by atoms with Gasteiger partial charge in [-0.15, -0.1) is 11.3 Å². The molecule has 4 aromatic heterocycles. The summed E-state index contributed by atoms with van der Waals surface area (Å²) in [5, 5.41) is 4.15. The highest BCUT2D eigenvalue weighted by Crippen LogP contribution is 2.44. The lowest BCUT2D eigenvalue weighted by atomic mass is 9.97. The number of para-hydroxylation sites is 2. The van der Waals surface area contributed by atoms with Crippen LogP contribution in [0.4, 0.5) is 0 Å². The lowest BCUT2D eigenvalue weighted by Crippen LogP contribution is -2.06. The van der Waals surface area contributed by atoms with E-state index in [-0.39, 0.29) is 39.4 Å². The van der Waals surface area contributed by atoms with Gasteiger partial charge in [-0.3, -0.25) is 4.57 Å². The van der Waals surface area contributed by atoms with Crippen LogP contribution in [0.1, 0.15) is 11.0 Å². The van der Waals surface area contributed by atoms with E-state index in [1.165, 1.54) is 24.7 Å². The Balaban J connectivity index is 1.17. The standard InChI is InChI=1S/C45H26N4OS/c1-2-12-27(13-3-1)43-46-44(48-45(47-43)49-36-20-7-4-14-29(36)30-15-5-8-21-37(30)49)28-24-25-35-39(26-28)50-38-22-11-17-32(41(35)38)34-19-10-18-33-31-16-6-9-23-40(31)51-42(33)34/h1-26H/i4D,5D,7D,8D,14D,15D,20D,21D. The van der Waals surface area contributed by atoms with Crippen LogP contribution < -0.4 is 0 Å². The first-order chi connectivity index (χ1) is 28.6. The summed E-state index contributed by atoms with van der Waals surface area (Å²) in [5.41, 5.74) is 4.49. The molecular formula is C45H26N4OS. The molecule has 0 N–H and O–H groups in total. The average Bonchev–Trinajstić information content (AvgIpc) is 3.96. The molecule has 0 radical (unpaired) electrons. The second-order valence-corrected chi connectivity index (χ2v) is 13.3. The fraction of sp³-hybridized carbons (Fsp3) is 0. The van der Waals surface area contributed by atoms with Gasteiger partial charge in [-0.05, 0) is 41.9 Å². The van der Waals surface area contributed by atoms with Gasteiger partial charge in [-0.2, -0.15) is 9.97 Å². The van der Waals surface area contributed by atoms with Crippen molar-refractivity contribution in [1.82, 2.24) is 19.5 Å². The Morgan fingerprint density at radius 1 is 0.529 bits per heavy atom. The molecule has 6 heteroatoms. The largest absolute Gasteiger partial charge is 0.456 e. The van der Waals surface area contributed by atoms with E-state index in [2.05, 4.69) is 48.5 Å². The van der Waals surface area contributed by atoms with E-state index >= 15 is 0 Å². The van der Waals surface area contributed by atoms with Crippen molar-refractivity contribution in [3.8, 4) is 39.9 Å². The number of aromatic nitrogens is 4. The second-order valence-electron chi connectivity index (χ2n) is 12.2. The molecule has 5 nitrogen and oxygen atoms in total. The van der Waals surface area contributed by atoms with E-state index in [0.29, 0.717) is 22.3 Å². The first-order valence-corrected chi connectivity index (χ1v) is 17.1. The van der Waals surface area contributed by atoms with Gasteiger partial charge in [0, 0.05) is 58.4 Å². The normalized spacial score (nSPS) is 14.1. The van der Waals surface area contributed by atoms with Crippen LogP contribution in [-0.2, 0) is 0 Å². The van der Waals surface area contributed by atoms with Gasteiger partial charge in [0.05, 0.1) is 22.0 Å². The highest BCUT2D eigenvalue weighted by atomic mass is 32.1. The SMILES string of the molecule is [2H]c1c([2H])c([2H])c2c(c1[2H])c1c([2H])c([2H])c([2H])c([2H])c1n2-c1nc(-c2ccccc2)nc(-c2ccc3c(c2)oc2cccc(-c4cccc5c4sc4ccccc45)c23)n1. The van der Waals surface area contributed by atoms with Crippen LogP contribution in [0.3, 0.4) is 0 Å². The van der Waals surface area contributed by atoms with Gasteiger partial charge in [0.15, 0.2) is 11.6 Å². The lowest BCUT2D eigenvalue weighted by Gasteiger charge is -2.11. The zero-order valence-electron chi connectivity index (χ0n) is 34.5. The lowest BCUT2D eigenvalue weighted by molar-refractivity contribution is 0.669. The molecule has 0 spiro atoms. The van der Waals surface area contributed by atoms with Gasteiger partial charge >= 0.3 is 0 Å². The molecule has 11 aromatic rings. The maximum Gasteiger partial charge on any atom is 0.238 e. The van der Waals surface area contributed by atoms with Crippen molar-refractivity contribution in [2.75, 3.05) is 0 Å². The van der Waals surface area contributed by atoms with E-state index < -0.39 is 48.3 Å². The zero-order valence-corrected chi connectivity index (χ0v) is 27.3. The molecular weight excluding hydrogens is 645 g/mol. The van der Waals surface area contributed by atoms with Crippen molar-refractivity contribution in [1.29, 1.82) is 0 Å². The highest BCUT2D eigenvalue weighted by molar-refractivity contribution is 7.26. The van der Waals surface area contributed by atoms with Crippen LogP contribution in [0.2, 0.25) is 0 Å². The molecule has 0 unspecified atom stereocenters. The van der Waals surface area contributed by atoms with Gasteiger partial charge in [0.2, 0.25) is 5.95 Å². The van der Waals surface area contributed by atoms with Crippen LogP contribution in [-0.4, -0.2) is 19.5 Å². The van der Waals surface area contributed by atoms with Crippen molar-refractivity contribution in [3.05, 3.63) is 158 Å². The molecule has 0 fully saturated rings. The van der Waals surface area contributed by atoms with Crippen LogP contribution in [0.15, 0.2) is 162 Å². The Morgan fingerprint density at radius 2 is 1.22 bits per heavy atom. The summed E-state index contributed by atoms with van der Waals surface area (Å²) >= 11 is 1.77. The molecule has 0 bridgehead atoms. The summed E-state index contributed by atoms with van der Waals surface area (Å²) in [6.45, 7) is 0. The molecule has 0 aliphatic heterocycles. The van der Waals surface area contributed by atoms with Crippen LogP contribution in [0.25, 0.3) is 104 Å². The minimum absolute atomic E-state index is 0.0629. The first-order valence-electron chi connectivity index (χ1n) is 20.3. The Hall–Kier alpha value is -6.63. The molecule has 0 atom stereocenters. The molecule has 0 aliphatic rings. The number of hydrogen-bond donors (Lipinski definition) is 0. The fourth-order valence-electron chi connectivity index (χ4n) is 7.08. The predicted octanol–water partition coefficient (Wildman–Crippen LogP) is 12.2. The van der Waals surface area contributed by atoms with Crippen molar-refractivity contribution in [2.45, 2.75) is 0 Å². The molecule has 0 aliphatic carbocycles. The predicted molar refractivity (Wildman–Crippen MR) is 211 cm³/mol. The molecule has 11 rings (SSSR count). The Morgan fingerprint density at radius 3 is 2.04 bits per heavy atom. The number of rotatable bonds is 4. The molecule has 7 aromatic carbocycles. The summed E-state index contributed by atoms with van der Waals surface area (Å²) in [4.78, 5) is 14.6. The third kappa shape index (κ3) is 4.30. The molecule has 0 saturated heterocycles. The fourth-order valence-corrected chi connectivity index (χ4v) is 8.31. The summed E-state index contributed by atoms with van der Waals surface area (Å²) in [5.74, 6) is 0.362. The number of benzene rings is 7. The quantitative estimate of drug-likeness (QED) is 0.186. The number of furan rings is 1. The summed E-state index contributed by atoms with van der Waals surface area (Å²) in [6.07, 6.45) is 0. The van der Waals surface area contributed by atoms with Crippen molar-refractivity contribution in [2.24, 2.45) is 0 Å². The third-order valence-electron chi connectivity index (χ3n) is 9.34. The minimum Gasteiger partial charge on any atom is -0.456 e. The van der Waals surface area contributed by atoms with Crippen LogP contribution in [0.5, 0.6) is 0 Å². The van der Waals surface area contributed by atoms with Gasteiger partial charge in [0.1, 0.15) is 11.2 Å². The molecule has 0 saturated carbocycles. The monoisotopic (exact) mass is 678 g/mol. The molecule has 4 heterocycles. The van der Waals surface area contributed by atoms with E-state index in [0.717, 1.165) is 21.9 Å². The topological polar surface area (TPSA) is 56.7 Å². The van der Waals surface area contributed by atoms with Crippen molar-refractivity contribution >= 4 is 75.3 Å². The maximum absolute atomic E-state index is 9.02.